The highest BCUT2D eigenvalue weighted by Crippen LogP contribution is 2.16. The van der Waals surface area contributed by atoms with E-state index in [0.29, 0.717) is 6.42 Å². The Bertz CT molecular complexity index is 538. The number of aromatic nitrogens is 2. The Labute approximate surface area is 115 Å². The zero-order valence-corrected chi connectivity index (χ0v) is 12.0. The third-order valence-electron chi connectivity index (χ3n) is 2.79. The summed E-state index contributed by atoms with van der Waals surface area (Å²) < 4.78 is 1.06. The quantitative estimate of drug-likeness (QED) is 0.947. The summed E-state index contributed by atoms with van der Waals surface area (Å²) in [6.07, 6.45) is 1.89. The second-order valence-electron chi connectivity index (χ2n) is 4.31. The van der Waals surface area contributed by atoms with E-state index in [-0.39, 0.29) is 0 Å². The Morgan fingerprint density at radius 3 is 2.50 bits per heavy atom. The number of hydrogen-bond acceptors (Lipinski definition) is 3. The van der Waals surface area contributed by atoms with Gasteiger partial charge < -0.3 is 5.11 Å². The summed E-state index contributed by atoms with van der Waals surface area (Å²) in [5.41, 5.74) is 2.80. The van der Waals surface area contributed by atoms with E-state index in [2.05, 4.69) is 25.9 Å². The lowest BCUT2D eigenvalue weighted by molar-refractivity contribution is 0.197. The summed E-state index contributed by atoms with van der Waals surface area (Å²) in [7, 11) is 0. The van der Waals surface area contributed by atoms with E-state index in [1.54, 1.807) is 13.1 Å². The number of rotatable bonds is 3. The van der Waals surface area contributed by atoms with Gasteiger partial charge in [0, 0.05) is 28.3 Å². The molecular weight excluding hydrogens is 292 g/mol. The molecule has 0 saturated heterocycles. The molecule has 0 radical (unpaired) electrons. The third-order valence-corrected chi connectivity index (χ3v) is 3.32. The number of aryl methyl sites for hydroxylation is 1. The Morgan fingerprint density at radius 1 is 1.28 bits per heavy atom. The monoisotopic (exact) mass is 306 g/mol. The third kappa shape index (κ3) is 3.15. The summed E-state index contributed by atoms with van der Waals surface area (Å²) >= 11 is 3.41. The molecule has 0 saturated carbocycles. The Morgan fingerprint density at radius 2 is 1.94 bits per heavy atom. The van der Waals surface area contributed by atoms with Crippen LogP contribution >= 0.6 is 15.9 Å². The van der Waals surface area contributed by atoms with Crippen LogP contribution in [0.2, 0.25) is 0 Å². The first-order chi connectivity index (χ1) is 8.56. The van der Waals surface area contributed by atoms with E-state index < -0.39 is 6.10 Å². The van der Waals surface area contributed by atoms with Crippen molar-refractivity contribution in [1.29, 1.82) is 0 Å². The first-order valence-electron chi connectivity index (χ1n) is 5.81. The molecule has 0 bridgehead atoms. The molecule has 1 atom stereocenters. The highest BCUT2D eigenvalue weighted by Gasteiger charge is 2.08. The Hall–Kier alpha value is -1.26. The molecule has 1 aromatic heterocycles. The average molecular weight is 307 g/mol. The van der Waals surface area contributed by atoms with Crippen molar-refractivity contribution in [1.82, 2.24) is 9.97 Å². The molecule has 1 heterocycles. The van der Waals surface area contributed by atoms with Gasteiger partial charge in [0.2, 0.25) is 0 Å². The molecule has 1 aromatic carbocycles. The van der Waals surface area contributed by atoms with Gasteiger partial charge in [0.1, 0.15) is 5.82 Å². The minimum atomic E-state index is -0.522. The zero-order valence-electron chi connectivity index (χ0n) is 10.4. The first kappa shape index (κ1) is 13.2. The van der Waals surface area contributed by atoms with Gasteiger partial charge in [-0.25, -0.2) is 9.97 Å². The maximum absolute atomic E-state index is 9.53. The maximum Gasteiger partial charge on any atom is 0.132 e. The van der Waals surface area contributed by atoms with Gasteiger partial charge >= 0.3 is 0 Å². The number of halogens is 1. The number of aliphatic hydroxyl groups is 1. The predicted molar refractivity (Wildman–Crippen MR) is 74.4 cm³/mol. The van der Waals surface area contributed by atoms with Crippen molar-refractivity contribution < 1.29 is 5.11 Å². The van der Waals surface area contributed by atoms with Crippen LogP contribution in [0.5, 0.6) is 0 Å². The van der Waals surface area contributed by atoms with Crippen molar-refractivity contribution in [3.05, 3.63) is 57.6 Å². The molecule has 0 aliphatic heterocycles. The zero-order chi connectivity index (χ0) is 13.1. The van der Waals surface area contributed by atoms with Gasteiger partial charge in [-0.15, -0.1) is 0 Å². The van der Waals surface area contributed by atoms with Crippen molar-refractivity contribution in [3.8, 4) is 0 Å². The minimum Gasteiger partial charge on any atom is -0.389 e. The molecule has 4 heteroatoms. The molecule has 3 nitrogen and oxygen atoms in total. The van der Waals surface area contributed by atoms with Crippen LogP contribution in [-0.2, 0) is 6.42 Å². The molecular formula is C14H15BrN2O. The highest BCUT2D eigenvalue weighted by molar-refractivity contribution is 9.10. The predicted octanol–water partition coefficient (Wildman–Crippen LogP) is 3.19. The fraction of sp³-hybridized carbons (Fsp3) is 0.286. The van der Waals surface area contributed by atoms with Gasteiger partial charge in [0.05, 0.1) is 6.10 Å². The van der Waals surface area contributed by atoms with E-state index in [0.717, 1.165) is 21.6 Å². The van der Waals surface area contributed by atoms with Crippen molar-refractivity contribution >= 4 is 15.9 Å². The van der Waals surface area contributed by atoms with Gasteiger partial charge in [-0.2, -0.15) is 0 Å². The highest BCUT2D eigenvalue weighted by atomic mass is 79.9. The smallest absolute Gasteiger partial charge is 0.132 e. The van der Waals surface area contributed by atoms with Crippen LogP contribution in [-0.4, -0.2) is 15.1 Å². The molecule has 1 N–H and O–H groups in total. The van der Waals surface area contributed by atoms with Gasteiger partial charge in [-0.1, -0.05) is 28.1 Å². The lowest BCUT2D eigenvalue weighted by atomic mass is 10.1. The number of hydrogen-bond donors (Lipinski definition) is 1. The Kier molecular flexibility index (Phi) is 4.09. The van der Waals surface area contributed by atoms with Gasteiger partial charge in [-0.05, 0) is 31.5 Å². The molecule has 0 unspecified atom stereocenters. The van der Waals surface area contributed by atoms with Gasteiger partial charge in [0.15, 0.2) is 0 Å². The maximum atomic E-state index is 9.53. The van der Waals surface area contributed by atoms with Crippen LogP contribution in [0.4, 0.5) is 0 Å². The van der Waals surface area contributed by atoms with Crippen LogP contribution in [0.1, 0.15) is 35.7 Å². The number of benzene rings is 1. The molecule has 2 aromatic rings. The molecule has 94 valence electrons. The lowest BCUT2D eigenvalue weighted by Crippen LogP contribution is -2.04. The van der Waals surface area contributed by atoms with Crippen molar-refractivity contribution in [2.24, 2.45) is 0 Å². The molecule has 0 fully saturated rings. The van der Waals surface area contributed by atoms with Crippen molar-refractivity contribution in [3.63, 3.8) is 0 Å². The molecule has 18 heavy (non-hydrogen) atoms. The first-order valence-corrected chi connectivity index (χ1v) is 6.60. The number of nitrogens with zero attached hydrogens (tertiary/aromatic N) is 2. The van der Waals surface area contributed by atoms with Crippen molar-refractivity contribution in [2.45, 2.75) is 26.4 Å². The van der Waals surface area contributed by atoms with Crippen LogP contribution < -0.4 is 0 Å². The SMILES string of the molecule is Cc1nc(Cc2ccc(Br)cc2)ncc1[C@H](C)O. The van der Waals surface area contributed by atoms with Crippen LogP contribution in [0, 0.1) is 6.92 Å². The van der Waals surface area contributed by atoms with Crippen molar-refractivity contribution in [2.75, 3.05) is 0 Å². The molecule has 0 spiro atoms. The molecule has 0 aliphatic carbocycles. The normalized spacial score (nSPS) is 12.4. The second kappa shape index (κ2) is 5.59. The lowest BCUT2D eigenvalue weighted by Gasteiger charge is -2.09. The summed E-state index contributed by atoms with van der Waals surface area (Å²) in [6, 6.07) is 8.11. The molecule has 0 amide bonds. The average Bonchev–Trinajstić information content (AvgIpc) is 2.32. The van der Waals surface area contributed by atoms with E-state index in [1.807, 2.05) is 31.2 Å². The summed E-state index contributed by atoms with van der Waals surface area (Å²) in [4.78, 5) is 8.72. The fourth-order valence-electron chi connectivity index (χ4n) is 1.80. The number of aliphatic hydroxyl groups excluding tert-OH is 1. The topological polar surface area (TPSA) is 46.0 Å². The summed E-state index contributed by atoms with van der Waals surface area (Å²) in [6.45, 7) is 3.62. The van der Waals surface area contributed by atoms with Gasteiger partial charge in [0.25, 0.3) is 0 Å². The van der Waals surface area contributed by atoms with E-state index in [9.17, 15) is 5.11 Å². The summed E-state index contributed by atoms with van der Waals surface area (Å²) in [5, 5.41) is 9.53. The second-order valence-corrected chi connectivity index (χ2v) is 5.22. The summed E-state index contributed by atoms with van der Waals surface area (Å²) in [5.74, 6) is 0.777. The minimum absolute atomic E-state index is 0.522. The fourth-order valence-corrected chi connectivity index (χ4v) is 2.07. The largest absolute Gasteiger partial charge is 0.389 e. The molecule has 2 rings (SSSR count). The van der Waals surface area contributed by atoms with Crippen LogP contribution in [0.3, 0.4) is 0 Å². The van der Waals surface area contributed by atoms with E-state index >= 15 is 0 Å². The standard InChI is InChI=1S/C14H15BrN2O/c1-9-13(10(2)18)8-16-14(17-9)7-11-3-5-12(15)6-4-11/h3-6,8,10,18H,7H2,1-2H3/t10-/m0/s1. The Balaban J connectivity index is 2.20. The van der Waals surface area contributed by atoms with E-state index in [1.165, 1.54) is 5.56 Å². The molecule has 0 aliphatic rings. The van der Waals surface area contributed by atoms with Crippen LogP contribution in [0.15, 0.2) is 34.9 Å². The van der Waals surface area contributed by atoms with Gasteiger partial charge in [-0.3, -0.25) is 0 Å². The van der Waals surface area contributed by atoms with E-state index in [4.69, 9.17) is 0 Å². The van der Waals surface area contributed by atoms with Crippen LogP contribution in [0.25, 0.3) is 0 Å².